The third kappa shape index (κ3) is 7.02. The van der Waals surface area contributed by atoms with Crippen molar-refractivity contribution in [3.8, 4) is 5.75 Å². The van der Waals surface area contributed by atoms with E-state index in [1.165, 1.54) is 18.1 Å². The van der Waals surface area contributed by atoms with Gasteiger partial charge < -0.3 is 24.5 Å². The van der Waals surface area contributed by atoms with Gasteiger partial charge in [0.2, 0.25) is 0 Å². The standard InChI is InChI=1S/C31H38Cl2F3N3O4/c1-29(19-20-7-11-38(12-8-20)23-5-6-25(26(33)18-23)27(40)37(2)3)9-13-39(14-10-29)28(41)30(42,31(34,35)36)21-15-22(32)17-24(16-21)43-4/h5-6,15-18,20,42H,7-14,19H2,1-4H3/t30-/m1/s1. The molecule has 236 valence electrons. The van der Waals surface area contributed by atoms with Gasteiger partial charge in [0, 0.05) is 56.5 Å². The number of hydrogen-bond donors (Lipinski definition) is 1. The lowest BCUT2D eigenvalue weighted by Crippen LogP contribution is -2.57. The molecular weight excluding hydrogens is 606 g/mol. The van der Waals surface area contributed by atoms with Crippen molar-refractivity contribution in [3.63, 3.8) is 0 Å². The number of hydrogen-bond acceptors (Lipinski definition) is 5. The summed E-state index contributed by atoms with van der Waals surface area (Å²) >= 11 is 12.4. The van der Waals surface area contributed by atoms with Crippen LogP contribution >= 0.6 is 23.2 Å². The van der Waals surface area contributed by atoms with Gasteiger partial charge in [0.05, 0.1) is 17.7 Å². The fourth-order valence-corrected chi connectivity index (χ4v) is 6.67. The molecule has 2 amide bonds. The van der Waals surface area contributed by atoms with Gasteiger partial charge in [0.25, 0.3) is 17.4 Å². The average molecular weight is 645 g/mol. The van der Waals surface area contributed by atoms with Crippen LogP contribution < -0.4 is 9.64 Å². The minimum absolute atomic E-state index is 0.00906. The molecule has 0 saturated carbocycles. The molecule has 0 aliphatic carbocycles. The van der Waals surface area contributed by atoms with E-state index in [0.29, 0.717) is 29.3 Å². The lowest BCUT2D eigenvalue weighted by molar-refractivity contribution is -0.262. The van der Waals surface area contributed by atoms with Crippen molar-refractivity contribution in [1.82, 2.24) is 9.80 Å². The van der Waals surface area contributed by atoms with E-state index in [1.807, 2.05) is 12.1 Å². The maximum atomic E-state index is 14.3. The minimum atomic E-state index is -5.26. The van der Waals surface area contributed by atoms with Crippen LogP contribution in [-0.4, -0.2) is 80.3 Å². The van der Waals surface area contributed by atoms with Crippen LogP contribution in [0, 0.1) is 11.3 Å². The number of ether oxygens (including phenoxy) is 1. The first-order valence-corrected chi connectivity index (χ1v) is 15.0. The van der Waals surface area contributed by atoms with Gasteiger partial charge in [-0.15, -0.1) is 0 Å². The topological polar surface area (TPSA) is 73.3 Å². The molecule has 2 aromatic carbocycles. The summed E-state index contributed by atoms with van der Waals surface area (Å²) in [5.74, 6) is -1.12. The number of alkyl halides is 3. The van der Waals surface area contributed by atoms with Gasteiger partial charge >= 0.3 is 6.18 Å². The highest BCUT2D eigenvalue weighted by Gasteiger charge is 2.62. The highest BCUT2D eigenvalue weighted by atomic mass is 35.5. The third-order valence-corrected chi connectivity index (χ3v) is 9.38. The number of methoxy groups -OCH3 is 1. The number of nitrogens with zero attached hydrogens (tertiary/aromatic N) is 3. The van der Waals surface area contributed by atoms with Crippen LogP contribution in [0.1, 0.15) is 54.9 Å². The van der Waals surface area contributed by atoms with Crippen LogP contribution in [0.4, 0.5) is 18.9 Å². The number of likely N-dealkylation sites (tertiary alicyclic amines) is 1. The number of halogens is 5. The Morgan fingerprint density at radius 1 is 1.05 bits per heavy atom. The summed E-state index contributed by atoms with van der Waals surface area (Å²) in [7, 11) is 4.63. The number of aliphatic hydroxyl groups is 1. The van der Waals surface area contributed by atoms with Gasteiger partial charge in [-0.3, -0.25) is 9.59 Å². The summed E-state index contributed by atoms with van der Waals surface area (Å²) in [6, 6.07) is 8.74. The summed E-state index contributed by atoms with van der Waals surface area (Å²) in [5.41, 5.74) is -3.13. The summed E-state index contributed by atoms with van der Waals surface area (Å²) in [5, 5.41) is 11.2. The van der Waals surface area contributed by atoms with Crippen molar-refractivity contribution >= 4 is 40.7 Å². The molecule has 1 N–H and O–H groups in total. The van der Waals surface area contributed by atoms with E-state index in [2.05, 4.69) is 11.8 Å². The van der Waals surface area contributed by atoms with Gasteiger partial charge in [-0.1, -0.05) is 30.1 Å². The van der Waals surface area contributed by atoms with Crippen molar-refractivity contribution in [2.75, 3.05) is 52.3 Å². The van der Waals surface area contributed by atoms with E-state index in [4.69, 9.17) is 27.9 Å². The highest BCUT2D eigenvalue weighted by Crippen LogP contribution is 2.45. The molecule has 7 nitrogen and oxygen atoms in total. The van der Waals surface area contributed by atoms with E-state index >= 15 is 0 Å². The van der Waals surface area contributed by atoms with Crippen molar-refractivity contribution < 1.29 is 32.6 Å². The van der Waals surface area contributed by atoms with Crippen LogP contribution in [0.2, 0.25) is 10.0 Å². The van der Waals surface area contributed by atoms with Crippen LogP contribution in [-0.2, 0) is 10.4 Å². The fraction of sp³-hybridized carbons (Fsp3) is 0.548. The molecule has 2 aliphatic heterocycles. The molecule has 0 bridgehead atoms. The zero-order valence-corrected chi connectivity index (χ0v) is 26.3. The molecule has 2 saturated heterocycles. The normalized spacial score (nSPS) is 19.1. The second-order valence-electron chi connectivity index (χ2n) is 12.2. The number of rotatable bonds is 7. The van der Waals surface area contributed by atoms with Crippen LogP contribution in [0.25, 0.3) is 0 Å². The zero-order valence-electron chi connectivity index (χ0n) is 24.8. The average Bonchev–Trinajstić information content (AvgIpc) is 2.95. The largest absolute Gasteiger partial charge is 0.497 e. The Bertz CT molecular complexity index is 1340. The molecule has 0 unspecified atom stereocenters. The molecule has 43 heavy (non-hydrogen) atoms. The number of piperidine rings is 2. The molecule has 0 radical (unpaired) electrons. The van der Waals surface area contributed by atoms with E-state index in [-0.39, 0.29) is 35.2 Å². The lowest BCUT2D eigenvalue weighted by atomic mass is 9.71. The molecule has 2 heterocycles. The zero-order chi connectivity index (χ0) is 31.7. The second kappa shape index (κ2) is 12.7. The van der Waals surface area contributed by atoms with E-state index in [9.17, 15) is 27.9 Å². The summed E-state index contributed by atoms with van der Waals surface area (Å²) in [6.45, 7) is 4.00. The molecule has 0 aromatic heterocycles. The van der Waals surface area contributed by atoms with E-state index in [1.54, 1.807) is 20.2 Å². The molecule has 2 aliphatic rings. The van der Waals surface area contributed by atoms with Crippen molar-refractivity contribution in [2.24, 2.45) is 11.3 Å². The van der Waals surface area contributed by atoms with Gasteiger partial charge in [-0.25, -0.2) is 0 Å². The molecule has 0 spiro atoms. The maximum absolute atomic E-state index is 14.3. The van der Waals surface area contributed by atoms with E-state index < -0.39 is 23.2 Å². The molecule has 12 heteroatoms. The van der Waals surface area contributed by atoms with Crippen LogP contribution in [0.15, 0.2) is 36.4 Å². The van der Waals surface area contributed by atoms with Gasteiger partial charge in [0.1, 0.15) is 5.75 Å². The van der Waals surface area contributed by atoms with Crippen molar-refractivity contribution in [3.05, 3.63) is 57.6 Å². The Morgan fingerprint density at radius 3 is 2.21 bits per heavy atom. The molecule has 1 atom stereocenters. The first-order chi connectivity index (χ1) is 20.1. The molecular formula is C31H38Cl2F3N3O4. The highest BCUT2D eigenvalue weighted by molar-refractivity contribution is 6.34. The Labute approximate surface area is 260 Å². The monoisotopic (exact) mass is 643 g/mol. The Balaban J connectivity index is 1.37. The van der Waals surface area contributed by atoms with Gasteiger partial charge in [0.15, 0.2) is 0 Å². The van der Waals surface area contributed by atoms with Crippen molar-refractivity contribution in [1.29, 1.82) is 0 Å². The number of benzene rings is 2. The van der Waals surface area contributed by atoms with Crippen LogP contribution in [0.3, 0.4) is 0 Å². The van der Waals surface area contributed by atoms with Crippen LogP contribution in [0.5, 0.6) is 5.75 Å². The predicted octanol–water partition coefficient (Wildman–Crippen LogP) is 6.39. The quantitative estimate of drug-likeness (QED) is 0.379. The molecule has 2 aromatic rings. The SMILES string of the molecule is COc1cc(Cl)cc([C@@](O)(C(=O)N2CCC(C)(CC3CCN(c4ccc(C(=O)N(C)C)c(Cl)c4)CC3)CC2)C(F)(F)F)c1. The number of carbonyl (C=O) groups is 2. The summed E-state index contributed by atoms with van der Waals surface area (Å²) in [4.78, 5) is 30.4. The lowest BCUT2D eigenvalue weighted by Gasteiger charge is -2.45. The minimum Gasteiger partial charge on any atom is -0.497 e. The first-order valence-electron chi connectivity index (χ1n) is 14.3. The summed E-state index contributed by atoms with van der Waals surface area (Å²) in [6.07, 6.45) is -1.42. The second-order valence-corrected chi connectivity index (χ2v) is 13.0. The number of amides is 2. The Hall–Kier alpha value is -2.69. The predicted molar refractivity (Wildman–Crippen MR) is 161 cm³/mol. The van der Waals surface area contributed by atoms with Gasteiger partial charge in [-0.2, -0.15) is 13.2 Å². The fourth-order valence-electron chi connectivity index (χ4n) is 6.19. The first kappa shape index (κ1) is 33.2. The van der Waals surface area contributed by atoms with E-state index in [0.717, 1.165) is 55.1 Å². The number of carbonyl (C=O) groups excluding carboxylic acids is 2. The molecule has 4 rings (SSSR count). The smallest absolute Gasteiger partial charge is 0.430 e. The number of anilines is 1. The Kier molecular flexibility index (Phi) is 9.83. The Morgan fingerprint density at radius 2 is 1.67 bits per heavy atom. The summed E-state index contributed by atoms with van der Waals surface area (Å²) < 4.78 is 47.8. The maximum Gasteiger partial charge on any atom is 0.430 e. The van der Waals surface area contributed by atoms with Gasteiger partial charge in [-0.05, 0) is 79.8 Å². The molecule has 2 fully saturated rings. The third-order valence-electron chi connectivity index (χ3n) is 8.85. The van der Waals surface area contributed by atoms with Crippen molar-refractivity contribution in [2.45, 2.75) is 50.8 Å².